The molecule has 29 heavy (non-hydrogen) atoms. The molecule has 1 aliphatic rings. The Balaban J connectivity index is 1.93. The zero-order valence-electron chi connectivity index (χ0n) is 16.8. The second-order valence-electron chi connectivity index (χ2n) is 7.30. The highest BCUT2D eigenvalue weighted by atomic mass is 16.5. The van der Waals surface area contributed by atoms with Crippen molar-refractivity contribution in [1.82, 2.24) is 5.32 Å². The summed E-state index contributed by atoms with van der Waals surface area (Å²) in [5, 5.41) is 12.0. The maximum absolute atomic E-state index is 11.7. The number of nitrogens with one attached hydrogen (secondary N) is 1. The van der Waals surface area contributed by atoms with Gasteiger partial charge in [-0.3, -0.25) is 4.79 Å². The summed E-state index contributed by atoms with van der Waals surface area (Å²) in [6.45, 7) is 3.16. The molecule has 0 unspecified atom stereocenters. The quantitative estimate of drug-likeness (QED) is 0.742. The highest BCUT2D eigenvalue weighted by molar-refractivity contribution is 5.73. The normalized spacial score (nSPS) is 21.4. The average molecular weight is 397 g/mol. The van der Waals surface area contributed by atoms with Crippen LogP contribution in [0, 0.1) is 0 Å². The van der Waals surface area contributed by atoms with E-state index < -0.39 is 12.6 Å². The molecule has 0 spiro atoms. The van der Waals surface area contributed by atoms with Gasteiger partial charge in [-0.05, 0) is 42.5 Å². The molecule has 6 nitrogen and oxygen atoms in total. The molecule has 2 aromatic carbocycles. The van der Waals surface area contributed by atoms with E-state index in [4.69, 9.17) is 14.6 Å². The van der Waals surface area contributed by atoms with Crippen LogP contribution in [0.4, 0.5) is 0 Å². The third-order valence-electron chi connectivity index (χ3n) is 5.08. The first-order valence-corrected chi connectivity index (χ1v) is 9.91. The Bertz CT molecular complexity index is 852. The summed E-state index contributed by atoms with van der Waals surface area (Å²) in [6.07, 6.45) is 1.62. The molecular weight excluding hydrogens is 370 g/mol. The number of carbonyl (C=O) groups excluding carboxylic acids is 1. The molecule has 0 radical (unpaired) electrons. The lowest BCUT2D eigenvalue weighted by molar-refractivity contribution is -0.139. The first-order valence-electron chi connectivity index (χ1n) is 9.91. The minimum absolute atomic E-state index is 0.0472. The van der Waals surface area contributed by atoms with E-state index in [1.165, 1.54) is 6.92 Å². The molecule has 154 valence electrons. The van der Waals surface area contributed by atoms with Gasteiger partial charge in [-0.15, -0.1) is 0 Å². The van der Waals surface area contributed by atoms with Crippen LogP contribution < -0.4 is 10.1 Å². The molecule has 0 saturated carbocycles. The largest absolute Gasteiger partial charge is 0.482 e. The number of carboxylic acids is 1. The summed E-state index contributed by atoms with van der Waals surface area (Å²) < 4.78 is 12.0. The van der Waals surface area contributed by atoms with Crippen molar-refractivity contribution >= 4 is 11.9 Å². The number of hydrogen-bond donors (Lipinski definition) is 2. The Morgan fingerprint density at radius 1 is 1.14 bits per heavy atom. The molecule has 0 bridgehead atoms. The highest BCUT2D eigenvalue weighted by Crippen LogP contribution is 2.42. The van der Waals surface area contributed by atoms with Gasteiger partial charge in [-0.2, -0.15) is 0 Å². The molecular formula is C23H27NO5. The van der Waals surface area contributed by atoms with Gasteiger partial charge < -0.3 is 19.9 Å². The van der Waals surface area contributed by atoms with Gasteiger partial charge in [-0.1, -0.05) is 43.3 Å². The van der Waals surface area contributed by atoms with Crippen LogP contribution in [0.15, 0.2) is 48.5 Å². The SMILES string of the molecule is CCc1ccc(OCC(=O)O)c([C@H]2C[C@@H](NC(C)=O)C[C@@H](c3ccccc3)O2)c1. The van der Waals surface area contributed by atoms with E-state index in [0.717, 1.165) is 23.1 Å². The molecule has 2 N–H and O–H groups in total. The standard InChI is InChI=1S/C23H27NO5/c1-3-16-9-10-20(28-14-23(26)27)19(11-16)22-13-18(24-15(2)25)12-21(29-22)17-7-5-4-6-8-17/h4-11,18,21-22H,3,12-14H2,1-2H3,(H,24,25)(H,26,27)/t18-,21-,22+/m0/s1. The molecule has 0 aromatic heterocycles. The van der Waals surface area contributed by atoms with Crippen molar-refractivity contribution in [3.05, 3.63) is 65.2 Å². The number of carbonyl (C=O) groups is 2. The summed E-state index contributed by atoms with van der Waals surface area (Å²) >= 11 is 0. The van der Waals surface area contributed by atoms with E-state index in [1.807, 2.05) is 42.5 Å². The van der Waals surface area contributed by atoms with Gasteiger partial charge in [-0.25, -0.2) is 4.79 Å². The number of amides is 1. The van der Waals surface area contributed by atoms with Crippen LogP contribution in [0.5, 0.6) is 5.75 Å². The molecule has 3 atom stereocenters. The van der Waals surface area contributed by atoms with E-state index in [9.17, 15) is 9.59 Å². The van der Waals surface area contributed by atoms with E-state index in [0.29, 0.717) is 18.6 Å². The van der Waals surface area contributed by atoms with E-state index in [1.54, 1.807) is 6.07 Å². The lowest BCUT2D eigenvalue weighted by atomic mass is 9.90. The first-order chi connectivity index (χ1) is 14.0. The predicted octanol–water partition coefficient (Wildman–Crippen LogP) is 3.81. The minimum Gasteiger partial charge on any atom is -0.482 e. The van der Waals surface area contributed by atoms with Crippen LogP contribution in [-0.4, -0.2) is 29.6 Å². The Morgan fingerprint density at radius 3 is 2.52 bits per heavy atom. The number of carboxylic acid groups (broad SMARTS) is 1. The average Bonchev–Trinajstić information content (AvgIpc) is 2.72. The summed E-state index contributed by atoms with van der Waals surface area (Å²) in [5.74, 6) is -0.602. The van der Waals surface area contributed by atoms with E-state index in [2.05, 4.69) is 12.2 Å². The number of aryl methyl sites for hydroxylation is 1. The van der Waals surface area contributed by atoms with Gasteiger partial charge in [0.2, 0.25) is 5.91 Å². The van der Waals surface area contributed by atoms with Gasteiger partial charge in [0, 0.05) is 18.5 Å². The lowest BCUT2D eigenvalue weighted by Gasteiger charge is -2.37. The lowest BCUT2D eigenvalue weighted by Crippen LogP contribution is -2.39. The molecule has 1 heterocycles. The molecule has 3 rings (SSSR count). The molecule has 2 aromatic rings. The van der Waals surface area contributed by atoms with Gasteiger partial charge in [0.1, 0.15) is 5.75 Å². The summed E-state index contributed by atoms with van der Waals surface area (Å²) in [7, 11) is 0. The Morgan fingerprint density at radius 2 is 1.86 bits per heavy atom. The topological polar surface area (TPSA) is 84.9 Å². The summed E-state index contributed by atoms with van der Waals surface area (Å²) in [6, 6.07) is 15.6. The van der Waals surface area contributed by atoms with Gasteiger partial charge in [0.05, 0.1) is 12.2 Å². The molecule has 1 saturated heterocycles. The number of benzene rings is 2. The highest BCUT2D eigenvalue weighted by Gasteiger charge is 2.33. The molecule has 1 amide bonds. The third kappa shape index (κ3) is 5.57. The summed E-state index contributed by atoms with van der Waals surface area (Å²) in [4.78, 5) is 22.7. The zero-order valence-corrected chi connectivity index (χ0v) is 16.8. The van der Waals surface area contributed by atoms with Crippen molar-refractivity contribution in [2.45, 2.75) is 51.4 Å². The summed E-state index contributed by atoms with van der Waals surface area (Å²) in [5.41, 5.74) is 2.98. The number of ether oxygens (including phenoxy) is 2. The second kappa shape index (κ2) is 9.56. The zero-order chi connectivity index (χ0) is 20.8. The molecule has 6 heteroatoms. The third-order valence-corrected chi connectivity index (χ3v) is 5.08. The van der Waals surface area contributed by atoms with Crippen LogP contribution in [0.2, 0.25) is 0 Å². The molecule has 0 aliphatic carbocycles. The van der Waals surface area contributed by atoms with E-state index >= 15 is 0 Å². The van der Waals surface area contributed by atoms with E-state index in [-0.39, 0.29) is 24.2 Å². The Hall–Kier alpha value is -2.86. The first kappa shape index (κ1) is 20.9. The van der Waals surface area contributed by atoms with Crippen molar-refractivity contribution < 1.29 is 24.2 Å². The number of hydrogen-bond acceptors (Lipinski definition) is 4. The number of rotatable bonds is 7. The van der Waals surface area contributed by atoms with Gasteiger partial charge >= 0.3 is 5.97 Å². The smallest absolute Gasteiger partial charge is 0.341 e. The van der Waals surface area contributed by atoms with Crippen LogP contribution in [0.1, 0.15) is 55.6 Å². The molecule has 1 fully saturated rings. The number of aliphatic carboxylic acids is 1. The fourth-order valence-electron chi connectivity index (χ4n) is 3.75. The predicted molar refractivity (Wildman–Crippen MR) is 109 cm³/mol. The van der Waals surface area contributed by atoms with Crippen molar-refractivity contribution in [2.75, 3.05) is 6.61 Å². The van der Waals surface area contributed by atoms with Crippen molar-refractivity contribution in [3.8, 4) is 5.75 Å². The van der Waals surface area contributed by atoms with Crippen LogP contribution >= 0.6 is 0 Å². The molecule has 1 aliphatic heterocycles. The van der Waals surface area contributed by atoms with Gasteiger partial charge in [0.15, 0.2) is 6.61 Å². The van der Waals surface area contributed by atoms with Crippen molar-refractivity contribution in [1.29, 1.82) is 0 Å². The fraction of sp³-hybridized carbons (Fsp3) is 0.391. The van der Waals surface area contributed by atoms with Crippen LogP contribution in [0.3, 0.4) is 0 Å². The van der Waals surface area contributed by atoms with Crippen LogP contribution in [0.25, 0.3) is 0 Å². The maximum atomic E-state index is 11.7. The second-order valence-corrected chi connectivity index (χ2v) is 7.30. The minimum atomic E-state index is -1.03. The van der Waals surface area contributed by atoms with Crippen molar-refractivity contribution in [3.63, 3.8) is 0 Å². The van der Waals surface area contributed by atoms with Crippen LogP contribution in [-0.2, 0) is 20.7 Å². The Kier molecular flexibility index (Phi) is 6.88. The monoisotopic (exact) mass is 397 g/mol. The maximum Gasteiger partial charge on any atom is 0.341 e. The van der Waals surface area contributed by atoms with Crippen molar-refractivity contribution in [2.24, 2.45) is 0 Å². The fourth-order valence-corrected chi connectivity index (χ4v) is 3.75. The Labute approximate surface area is 170 Å². The van der Waals surface area contributed by atoms with Gasteiger partial charge in [0.25, 0.3) is 0 Å².